The molecule has 0 saturated carbocycles. The summed E-state index contributed by atoms with van der Waals surface area (Å²) in [5.41, 5.74) is 4.18. The highest BCUT2D eigenvalue weighted by Crippen LogP contribution is 2.09. The van der Waals surface area contributed by atoms with Gasteiger partial charge in [0.05, 0.1) is 11.9 Å². The van der Waals surface area contributed by atoms with E-state index in [0.717, 1.165) is 0 Å². The van der Waals surface area contributed by atoms with E-state index in [4.69, 9.17) is 0 Å². The minimum Gasteiger partial charge on any atom is -0.326 e. The van der Waals surface area contributed by atoms with Gasteiger partial charge in [-0.15, -0.1) is 0 Å². The number of anilines is 1. The number of benzene rings is 1. The third-order valence-electron chi connectivity index (χ3n) is 2.80. The highest BCUT2D eigenvalue weighted by molar-refractivity contribution is 5.96. The summed E-state index contributed by atoms with van der Waals surface area (Å²) < 4.78 is 0. The van der Waals surface area contributed by atoms with Gasteiger partial charge in [-0.1, -0.05) is 13.0 Å². The molecule has 2 amide bonds. The van der Waals surface area contributed by atoms with Gasteiger partial charge >= 0.3 is 0 Å². The maximum Gasteiger partial charge on any atom is 0.271 e. The number of nitrogens with one attached hydrogen (secondary N) is 2. The first-order valence-electron chi connectivity index (χ1n) is 6.83. The summed E-state index contributed by atoms with van der Waals surface area (Å²) in [5.74, 6) is -0.405. The minimum atomic E-state index is -0.333. The first-order valence-corrected chi connectivity index (χ1v) is 6.83. The summed E-state index contributed by atoms with van der Waals surface area (Å²) in [7, 11) is 0. The van der Waals surface area contributed by atoms with Crippen LogP contribution in [-0.2, 0) is 4.79 Å². The van der Waals surface area contributed by atoms with Crippen molar-refractivity contribution in [3.05, 3.63) is 59.9 Å². The molecule has 1 aromatic carbocycles. The van der Waals surface area contributed by atoms with Crippen LogP contribution in [0.5, 0.6) is 0 Å². The van der Waals surface area contributed by atoms with Crippen LogP contribution in [0.4, 0.5) is 5.69 Å². The number of hydrazone groups is 1. The number of carbonyl (C=O) groups is 2. The Kier molecular flexibility index (Phi) is 5.37. The fourth-order valence-electron chi connectivity index (χ4n) is 1.63. The van der Waals surface area contributed by atoms with Gasteiger partial charge in [0.15, 0.2) is 0 Å². The fraction of sp³-hybridized carbons (Fsp3) is 0.125. The second-order valence-electron chi connectivity index (χ2n) is 4.43. The third-order valence-corrected chi connectivity index (χ3v) is 2.80. The predicted molar refractivity (Wildman–Crippen MR) is 84.7 cm³/mol. The van der Waals surface area contributed by atoms with E-state index in [1.54, 1.807) is 49.5 Å². The van der Waals surface area contributed by atoms with Gasteiger partial charge in [0, 0.05) is 23.9 Å². The predicted octanol–water partition coefficient (Wildman–Crippen LogP) is 2.19. The van der Waals surface area contributed by atoms with Gasteiger partial charge in [-0.25, -0.2) is 5.43 Å². The number of carbonyl (C=O) groups excluding carboxylic acids is 2. The summed E-state index contributed by atoms with van der Waals surface area (Å²) in [4.78, 5) is 27.2. The van der Waals surface area contributed by atoms with Crippen molar-refractivity contribution in [2.45, 2.75) is 13.3 Å². The molecule has 2 rings (SSSR count). The zero-order valence-electron chi connectivity index (χ0n) is 12.1. The van der Waals surface area contributed by atoms with E-state index in [1.165, 1.54) is 6.21 Å². The second kappa shape index (κ2) is 7.68. The average molecular weight is 296 g/mol. The molecule has 2 N–H and O–H groups in total. The van der Waals surface area contributed by atoms with Gasteiger partial charge in [-0.05, 0) is 36.4 Å². The minimum absolute atomic E-state index is 0.0721. The Hall–Kier alpha value is -3.02. The molecule has 0 atom stereocenters. The highest BCUT2D eigenvalue weighted by Gasteiger charge is 2.05. The monoisotopic (exact) mass is 296 g/mol. The molecule has 6 nitrogen and oxygen atoms in total. The normalized spacial score (nSPS) is 10.4. The molecular formula is C16H16N4O2. The molecule has 0 bridgehead atoms. The Morgan fingerprint density at radius 1 is 1.18 bits per heavy atom. The van der Waals surface area contributed by atoms with Crippen molar-refractivity contribution in [3.8, 4) is 0 Å². The summed E-state index contributed by atoms with van der Waals surface area (Å²) in [6, 6.07) is 12.0. The lowest BCUT2D eigenvalue weighted by molar-refractivity contribution is -0.115. The number of hydrogen-bond donors (Lipinski definition) is 2. The highest BCUT2D eigenvalue weighted by atomic mass is 16.2. The van der Waals surface area contributed by atoms with Crippen molar-refractivity contribution in [3.63, 3.8) is 0 Å². The number of aromatic nitrogens is 1. The van der Waals surface area contributed by atoms with Crippen LogP contribution >= 0.6 is 0 Å². The molecule has 6 heteroatoms. The van der Waals surface area contributed by atoms with Crippen LogP contribution in [0.3, 0.4) is 0 Å². The van der Waals surface area contributed by atoms with E-state index in [0.29, 0.717) is 23.4 Å². The number of pyridine rings is 1. The van der Waals surface area contributed by atoms with Gasteiger partial charge in [-0.2, -0.15) is 5.10 Å². The molecule has 0 radical (unpaired) electrons. The van der Waals surface area contributed by atoms with Crippen molar-refractivity contribution < 1.29 is 9.59 Å². The van der Waals surface area contributed by atoms with E-state index >= 15 is 0 Å². The molecule has 0 spiro atoms. The van der Waals surface area contributed by atoms with E-state index in [1.807, 2.05) is 6.07 Å². The molecule has 22 heavy (non-hydrogen) atoms. The Labute approximate surface area is 128 Å². The van der Waals surface area contributed by atoms with Crippen LogP contribution in [0.25, 0.3) is 0 Å². The van der Waals surface area contributed by atoms with Crippen molar-refractivity contribution in [1.29, 1.82) is 0 Å². The molecule has 1 aromatic heterocycles. The van der Waals surface area contributed by atoms with Gasteiger partial charge < -0.3 is 5.32 Å². The van der Waals surface area contributed by atoms with Crippen LogP contribution in [0.1, 0.15) is 29.4 Å². The number of hydrogen-bond acceptors (Lipinski definition) is 4. The van der Waals surface area contributed by atoms with E-state index in [9.17, 15) is 9.59 Å². The molecule has 1 heterocycles. The first kappa shape index (κ1) is 15.4. The molecule has 0 fully saturated rings. The van der Waals surface area contributed by atoms with Gasteiger partial charge in [0.1, 0.15) is 0 Å². The van der Waals surface area contributed by atoms with Crippen LogP contribution in [-0.4, -0.2) is 23.0 Å². The summed E-state index contributed by atoms with van der Waals surface area (Å²) >= 11 is 0. The summed E-state index contributed by atoms with van der Waals surface area (Å²) in [6.07, 6.45) is 3.52. The molecule has 0 saturated heterocycles. The van der Waals surface area contributed by atoms with Crippen LogP contribution in [0, 0.1) is 0 Å². The standard InChI is InChI=1S/C16H16N4O2/c1-2-15(21)19-13-8-6-12(7-9-13)16(22)20-18-11-14-5-3-4-10-17-14/h3-11H,2H2,1H3,(H,19,21)(H,20,22)/b18-11-. The topological polar surface area (TPSA) is 83.5 Å². The van der Waals surface area contributed by atoms with Gasteiger partial charge in [0.25, 0.3) is 5.91 Å². The Bertz CT molecular complexity index is 666. The SMILES string of the molecule is CCC(=O)Nc1ccc(C(=O)N/N=C\c2ccccn2)cc1. The Balaban J connectivity index is 1.92. The fourth-order valence-corrected chi connectivity index (χ4v) is 1.63. The third kappa shape index (κ3) is 4.52. The lowest BCUT2D eigenvalue weighted by atomic mass is 10.2. The number of nitrogens with zero attached hydrogens (tertiary/aromatic N) is 2. The number of rotatable bonds is 5. The lowest BCUT2D eigenvalue weighted by Gasteiger charge is -2.04. The lowest BCUT2D eigenvalue weighted by Crippen LogP contribution is -2.17. The van der Waals surface area contributed by atoms with E-state index in [-0.39, 0.29) is 11.8 Å². The number of amides is 2. The molecular weight excluding hydrogens is 280 g/mol. The largest absolute Gasteiger partial charge is 0.326 e. The zero-order chi connectivity index (χ0) is 15.8. The van der Waals surface area contributed by atoms with Crippen molar-refractivity contribution in [1.82, 2.24) is 10.4 Å². The molecule has 0 aliphatic carbocycles. The molecule has 0 unspecified atom stereocenters. The molecule has 0 aliphatic heterocycles. The molecule has 0 aliphatic rings. The zero-order valence-corrected chi connectivity index (χ0v) is 12.1. The summed E-state index contributed by atoms with van der Waals surface area (Å²) in [5, 5.41) is 6.56. The maximum absolute atomic E-state index is 11.9. The first-order chi connectivity index (χ1) is 10.7. The van der Waals surface area contributed by atoms with Crippen LogP contribution < -0.4 is 10.7 Å². The van der Waals surface area contributed by atoms with E-state index in [2.05, 4.69) is 20.8 Å². The quantitative estimate of drug-likeness (QED) is 0.655. The Morgan fingerprint density at radius 3 is 2.59 bits per heavy atom. The van der Waals surface area contributed by atoms with Gasteiger partial charge in [0.2, 0.25) is 5.91 Å². The van der Waals surface area contributed by atoms with Crippen molar-refractivity contribution in [2.24, 2.45) is 5.10 Å². The van der Waals surface area contributed by atoms with Crippen LogP contribution in [0.15, 0.2) is 53.8 Å². The maximum atomic E-state index is 11.9. The summed E-state index contributed by atoms with van der Waals surface area (Å²) in [6.45, 7) is 1.77. The van der Waals surface area contributed by atoms with Crippen molar-refractivity contribution >= 4 is 23.7 Å². The molecule has 112 valence electrons. The van der Waals surface area contributed by atoms with Crippen LogP contribution in [0.2, 0.25) is 0 Å². The van der Waals surface area contributed by atoms with Crippen molar-refractivity contribution in [2.75, 3.05) is 5.32 Å². The Morgan fingerprint density at radius 2 is 1.95 bits per heavy atom. The second-order valence-corrected chi connectivity index (χ2v) is 4.43. The smallest absolute Gasteiger partial charge is 0.271 e. The van der Waals surface area contributed by atoms with E-state index < -0.39 is 0 Å². The molecule has 2 aromatic rings. The average Bonchev–Trinajstić information content (AvgIpc) is 2.56. The van der Waals surface area contributed by atoms with Gasteiger partial charge in [-0.3, -0.25) is 14.6 Å².